The van der Waals surface area contributed by atoms with Crippen LogP contribution in [0.2, 0.25) is 0 Å². The number of benzene rings is 2. The summed E-state index contributed by atoms with van der Waals surface area (Å²) in [5.74, 6) is -2.78. The van der Waals surface area contributed by atoms with Crippen molar-refractivity contribution < 1.29 is 33.8 Å². The van der Waals surface area contributed by atoms with Gasteiger partial charge in [-0.05, 0) is 91.1 Å². The van der Waals surface area contributed by atoms with Gasteiger partial charge in [-0.3, -0.25) is 34.0 Å². The van der Waals surface area contributed by atoms with E-state index in [9.17, 15) is 29.1 Å². The molecule has 4 aromatic rings. The van der Waals surface area contributed by atoms with Crippen molar-refractivity contribution in [2.24, 2.45) is 17.3 Å². The van der Waals surface area contributed by atoms with Crippen LogP contribution in [-0.2, 0) is 48.1 Å². The Bertz CT molecular complexity index is 2340. The molecule has 324 valence electrons. The van der Waals surface area contributed by atoms with Gasteiger partial charge in [-0.1, -0.05) is 46.4 Å². The highest BCUT2D eigenvalue weighted by molar-refractivity contribution is 7.13. The van der Waals surface area contributed by atoms with Crippen molar-refractivity contribution in [3.8, 4) is 27.4 Å². The molecule has 6 bridgehead atoms. The standard InChI is InChI=1S/C46H57N7O7S/c1-8-39(55)51-16-14-30(24-51)43(57)50(7)40(27(3)4)42(56)48-36-19-28-17-31(20-32(54)18-28)29-12-13-37-33(21-29)34(41(52(37)9-2)38-23-47-26-61-38)22-46(5,6)25-60-45(59)35-11-10-15-53(49-35)44(36)58/h8,12-13,17-18,20-21,23,26-27,30,35-36,40,49,54H,1,9-11,14-16,19,22,24-25H2,2-7H3,(H,48,56)/t30-,35-,36-,40?/m0/s1. The number of rotatable bonds is 8. The molecule has 15 heteroatoms. The predicted octanol–water partition coefficient (Wildman–Crippen LogP) is 5.32. The molecule has 0 aliphatic carbocycles. The quantitative estimate of drug-likeness (QED) is 0.157. The van der Waals surface area contributed by atoms with Crippen LogP contribution in [0.4, 0.5) is 0 Å². The summed E-state index contributed by atoms with van der Waals surface area (Å²) < 4.78 is 8.33. The second kappa shape index (κ2) is 17.8. The van der Waals surface area contributed by atoms with Crippen LogP contribution in [0.3, 0.4) is 0 Å². The number of likely N-dealkylation sites (tertiary alicyclic amines) is 1. The number of aromatic nitrogens is 2. The van der Waals surface area contributed by atoms with Gasteiger partial charge in [0.05, 0.1) is 28.6 Å². The van der Waals surface area contributed by atoms with Crippen LogP contribution in [0.5, 0.6) is 5.75 Å². The van der Waals surface area contributed by atoms with Crippen LogP contribution in [0.25, 0.3) is 32.6 Å². The smallest absolute Gasteiger partial charge is 0.324 e. The molecule has 0 radical (unpaired) electrons. The third-order valence-electron chi connectivity index (χ3n) is 12.2. The number of aromatic hydroxyl groups is 1. The summed E-state index contributed by atoms with van der Waals surface area (Å²) in [5.41, 5.74) is 9.88. The number of phenols is 1. The van der Waals surface area contributed by atoms with Crippen molar-refractivity contribution in [3.63, 3.8) is 0 Å². The normalized spacial score (nSPS) is 21.2. The van der Waals surface area contributed by atoms with E-state index in [2.05, 4.69) is 59.8 Å². The molecule has 3 aliphatic heterocycles. The summed E-state index contributed by atoms with van der Waals surface area (Å²) >= 11 is 1.57. The van der Waals surface area contributed by atoms with E-state index in [0.717, 1.165) is 44.7 Å². The van der Waals surface area contributed by atoms with Crippen molar-refractivity contribution in [3.05, 3.63) is 71.9 Å². The van der Waals surface area contributed by atoms with Crippen LogP contribution in [0, 0.1) is 17.3 Å². The van der Waals surface area contributed by atoms with Crippen LogP contribution < -0.4 is 10.7 Å². The van der Waals surface area contributed by atoms with E-state index in [0.29, 0.717) is 37.8 Å². The van der Waals surface area contributed by atoms with Gasteiger partial charge < -0.3 is 29.5 Å². The number of aryl methyl sites for hydroxylation is 1. The lowest BCUT2D eigenvalue weighted by Gasteiger charge is -2.37. The van der Waals surface area contributed by atoms with Gasteiger partial charge in [0, 0.05) is 62.2 Å². The van der Waals surface area contributed by atoms with Gasteiger partial charge in [-0.25, -0.2) is 5.43 Å². The summed E-state index contributed by atoms with van der Waals surface area (Å²) in [7, 11) is 1.58. The maximum Gasteiger partial charge on any atom is 0.324 e. The molecule has 2 fully saturated rings. The first-order valence-corrected chi connectivity index (χ1v) is 22.1. The first kappa shape index (κ1) is 43.5. The molecule has 1 unspecified atom stereocenters. The molecule has 2 saturated heterocycles. The van der Waals surface area contributed by atoms with Gasteiger partial charge in [0.1, 0.15) is 23.9 Å². The lowest BCUT2D eigenvalue weighted by Crippen LogP contribution is -2.62. The molecule has 2 aromatic carbocycles. The number of fused-ring (bicyclic) bond motifs is 6. The minimum absolute atomic E-state index is 0.00204. The zero-order valence-corrected chi connectivity index (χ0v) is 36.7. The first-order chi connectivity index (χ1) is 29.1. The average Bonchev–Trinajstić information content (AvgIpc) is 4.01. The number of amides is 4. The fraction of sp³-hybridized carbons (Fsp3) is 0.478. The Morgan fingerprint density at radius 3 is 2.62 bits per heavy atom. The Hall–Kier alpha value is -5.54. The second-order valence-corrected chi connectivity index (χ2v) is 18.6. The van der Waals surface area contributed by atoms with Crippen LogP contribution in [0.15, 0.2) is 60.8 Å². The van der Waals surface area contributed by atoms with Crippen molar-refractivity contribution >= 4 is 51.8 Å². The molecule has 0 spiro atoms. The van der Waals surface area contributed by atoms with Gasteiger partial charge in [0.2, 0.25) is 17.7 Å². The fourth-order valence-corrected chi connectivity index (χ4v) is 9.92. The van der Waals surface area contributed by atoms with Gasteiger partial charge in [-0.2, -0.15) is 0 Å². The number of carbonyl (C=O) groups is 5. The summed E-state index contributed by atoms with van der Waals surface area (Å²) in [4.78, 5) is 77.3. The van der Waals surface area contributed by atoms with Crippen LogP contribution >= 0.6 is 11.3 Å². The SMILES string of the molecule is C=CC(=O)N1CC[C@H](C(=O)N(C)C(C(=O)N[C@H]2Cc3cc(O)cc(c3)-c3ccc4c(c3)c(c(-c3cncs3)n4CC)CC(C)(C)COC(=O)[C@@H]3CCCN(N3)C2=O)C(C)C)C1. The van der Waals surface area contributed by atoms with E-state index in [1.165, 1.54) is 16.0 Å². The molecule has 2 aromatic heterocycles. The number of likely N-dealkylation sites (N-methyl/N-ethyl adjacent to an activating group) is 1. The lowest BCUT2D eigenvalue weighted by molar-refractivity contribution is -0.155. The van der Waals surface area contributed by atoms with E-state index in [4.69, 9.17) is 4.74 Å². The van der Waals surface area contributed by atoms with Gasteiger partial charge in [0.25, 0.3) is 5.91 Å². The molecular formula is C46H57N7O7S. The highest BCUT2D eigenvalue weighted by Gasteiger charge is 2.40. The van der Waals surface area contributed by atoms with Crippen LogP contribution in [0.1, 0.15) is 65.0 Å². The molecule has 5 heterocycles. The minimum atomic E-state index is -1.14. The zero-order chi connectivity index (χ0) is 43.7. The summed E-state index contributed by atoms with van der Waals surface area (Å²) in [5, 5.41) is 16.6. The van der Waals surface area contributed by atoms with Gasteiger partial charge in [-0.15, -0.1) is 11.3 Å². The number of nitrogens with one attached hydrogen (secondary N) is 2. The maximum atomic E-state index is 14.6. The highest BCUT2D eigenvalue weighted by Crippen LogP contribution is 2.41. The molecule has 0 saturated carbocycles. The highest BCUT2D eigenvalue weighted by atomic mass is 32.1. The van der Waals surface area contributed by atoms with Gasteiger partial charge in [0.15, 0.2) is 0 Å². The van der Waals surface area contributed by atoms with E-state index < -0.39 is 47.2 Å². The van der Waals surface area contributed by atoms with Crippen molar-refractivity contribution in [2.75, 3.05) is 33.3 Å². The largest absolute Gasteiger partial charge is 0.508 e. The van der Waals surface area contributed by atoms with E-state index in [-0.39, 0.29) is 49.6 Å². The van der Waals surface area contributed by atoms with Crippen LogP contribution in [-0.4, -0.2) is 110 Å². The molecule has 3 N–H and O–H groups in total. The predicted molar refractivity (Wildman–Crippen MR) is 234 cm³/mol. The molecule has 4 amide bonds. The Morgan fingerprint density at radius 2 is 1.92 bits per heavy atom. The number of hydrogen-bond donors (Lipinski definition) is 3. The molecule has 14 nitrogen and oxygen atoms in total. The third kappa shape index (κ3) is 9.08. The minimum Gasteiger partial charge on any atom is -0.508 e. The number of ether oxygens (including phenoxy) is 1. The average molecular weight is 852 g/mol. The molecule has 61 heavy (non-hydrogen) atoms. The van der Waals surface area contributed by atoms with Crippen molar-refractivity contribution in [1.29, 1.82) is 0 Å². The molecule has 3 aliphatic rings. The van der Waals surface area contributed by atoms with E-state index in [1.54, 1.807) is 35.4 Å². The number of hydrogen-bond acceptors (Lipinski definition) is 10. The Labute approximate surface area is 360 Å². The Balaban J connectivity index is 1.27. The number of cyclic esters (lactones) is 1. The maximum absolute atomic E-state index is 14.6. The number of nitrogens with zero attached hydrogens (tertiary/aromatic N) is 5. The number of thiazole rings is 1. The lowest BCUT2D eigenvalue weighted by atomic mass is 9.85. The summed E-state index contributed by atoms with van der Waals surface area (Å²) in [6.45, 7) is 15.3. The molecule has 4 atom stereocenters. The molecular weight excluding hydrogens is 795 g/mol. The second-order valence-electron chi connectivity index (χ2n) is 17.7. The fourth-order valence-electron chi connectivity index (χ4n) is 9.22. The Morgan fingerprint density at radius 1 is 1.13 bits per heavy atom. The number of phenolic OH excluding ortho intramolecular Hbond substituents is 1. The van der Waals surface area contributed by atoms with Crippen molar-refractivity contribution in [1.82, 2.24) is 35.1 Å². The topological polar surface area (TPSA) is 166 Å². The number of carbonyl (C=O) groups excluding carboxylic acids is 5. The summed E-state index contributed by atoms with van der Waals surface area (Å²) in [6, 6.07) is 8.58. The number of esters is 1. The first-order valence-electron chi connectivity index (χ1n) is 21.2. The third-order valence-corrected chi connectivity index (χ3v) is 13.0. The zero-order valence-electron chi connectivity index (χ0n) is 35.9. The monoisotopic (exact) mass is 851 g/mol. The number of hydrazine groups is 1. The molecule has 7 rings (SSSR count). The van der Waals surface area contributed by atoms with Gasteiger partial charge >= 0.3 is 5.97 Å². The summed E-state index contributed by atoms with van der Waals surface area (Å²) in [6.07, 6.45) is 5.16. The van der Waals surface area contributed by atoms with Crippen molar-refractivity contribution in [2.45, 2.75) is 91.4 Å². The van der Waals surface area contributed by atoms with E-state index in [1.807, 2.05) is 37.7 Å². The Kier molecular flexibility index (Phi) is 12.7. The van der Waals surface area contributed by atoms with E-state index >= 15 is 0 Å².